The first-order chi connectivity index (χ1) is 12.1. The van der Waals surface area contributed by atoms with Crippen LogP contribution in [0.2, 0.25) is 0 Å². The largest absolute Gasteiger partial charge is 0.510 e. The fraction of sp³-hybridized carbons (Fsp3) is 0.333. The molecule has 2 aromatic rings. The summed E-state index contributed by atoms with van der Waals surface area (Å²) in [5.74, 6) is 1.29. The van der Waals surface area contributed by atoms with E-state index < -0.39 is 0 Å². The third-order valence-corrected chi connectivity index (χ3v) is 4.90. The average molecular weight is 359 g/mol. The fourth-order valence-electron chi connectivity index (χ4n) is 2.75. The minimum absolute atomic E-state index is 0.203. The van der Waals surface area contributed by atoms with Crippen molar-refractivity contribution in [3.63, 3.8) is 0 Å². The molecule has 0 saturated heterocycles. The van der Waals surface area contributed by atoms with Gasteiger partial charge in [0, 0.05) is 31.2 Å². The molecule has 2 heterocycles. The number of benzene rings is 1. The van der Waals surface area contributed by atoms with Crippen molar-refractivity contribution >= 4 is 22.7 Å². The lowest BCUT2D eigenvalue weighted by Crippen LogP contribution is -2.28. The van der Waals surface area contributed by atoms with E-state index in [4.69, 9.17) is 14.9 Å². The van der Waals surface area contributed by atoms with Crippen LogP contribution in [0.5, 0.6) is 5.75 Å². The Morgan fingerprint density at radius 3 is 2.96 bits per heavy atom. The zero-order valence-corrected chi connectivity index (χ0v) is 15.1. The number of aliphatic hydroxyl groups excluding tert-OH is 1. The highest BCUT2D eigenvalue weighted by Crippen LogP contribution is 2.33. The van der Waals surface area contributed by atoms with Crippen molar-refractivity contribution in [2.45, 2.75) is 6.42 Å². The second kappa shape index (κ2) is 7.67. The van der Waals surface area contributed by atoms with Crippen molar-refractivity contribution in [3.05, 3.63) is 40.4 Å². The van der Waals surface area contributed by atoms with Crippen LogP contribution in [-0.4, -0.2) is 54.7 Å². The van der Waals surface area contributed by atoms with Crippen LogP contribution in [0, 0.1) is 5.41 Å². The Labute approximate surface area is 150 Å². The van der Waals surface area contributed by atoms with Crippen LogP contribution in [-0.2, 0) is 4.74 Å². The molecule has 0 amide bonds. The molecule has 1 aliphatic rings. The minimum atomic E-state index is 0.203. The molecule has 25 heavy (non-hydrogen) atoms. The maximum absolute atomic E-state index is 10.3. The zero-order valence-electron chi connectivity index (χ0n) is 14.3. The van der Waals surface area contributed by atoms with E-state index in [-0.39, 0.29) is 5.76 Å². The number of aliphatic hydroxyl groups is 1. The van der Waals surface area contributed by atoms with Crippen LogP contribution in [0.4, 0.5) is 0 Å². The Balaban J connectivity index is 1.79. The molecule has 0 aliphatic carbocycles. The van der Waals surface area contributed by atoms with Crippen LogP contribution < -0.4 is 4.74 Å². The number of aromatic nitrogens is 1. The maximum atomic E-state index is 10.3. The van der Waals surface area contributed by atoms with Gasteiger partial charge in [0.25, 0.3) is 0 Å². The van der Waals surface area contributed by atoms with Gasteiger partial charge < -0.3 is 19.5 Å². The number of rotatable bonds is 7. The molecule has 0 spiro atoms. The predicted molar refractivity (Wildman–Crippen MR) is 99.4 cm³/mol. The number of ether oxygens (including phenoxy) is 2. The second-order valence-electron chi connectivity index (χ2n) is 5.71. The lowest BCUT2D eigenvalue weighted by molar-refractivity contribution is 0.186. The van der Waals surface area contributed by atoms with Crippen LogP contribution in [0.3, 0.4) is 0 Å². The van der Waals surface area contributed by atoms with Gasteiger partial charge in [0.1, 0.15) is 22.4 Å². The SMILES string of the molecule is COCCCN1CC(O)=C(c2nc(-c3cccc(OC)c3)cs2)C1=N. The van der Waals surface area contributed by atoms with Gasteiger partial charge in [0.2, 0.25) is 0 Å². The van der Waals surface area contributed by atoms with Gasteiger partial charge in [0.15, 0.2) is 0 Å². The summed E-state index contributed by atoms with van der Waals surface area (Å²) in [4.78, 5) is 6.47. The normalized spacial score (nSPS) is 14.5. The van der Waals surface area contributed by atoms with Crippen LogP contribution >= 0.6 is 11.3 Å². The molecule has 6 nitrogen and oxygen atoms in total. The fourth-order valence-corrected chi connectivity index (χ4v) is 3.65. The van der Waals surface area contributed by atoms with E-state index >= 15 is 0 Å². The van der Waals surface area contributed by atoms with Crippen molar-refractivity contribution in [2.75, 3.05) is 33.9 Å². The highest BCUT2D eigenvalue weighted by molar-refractivity contribution is 7.11. The summed E-state index contributed by atoms with van der Waals surface area (Å²) in [7, 11) is 3.29. The van der Waals surface area contributed by atoms with E-state index in [0.29, 0.717) is 36.1 Å². The molecule has 1 aliphatic heterocycles. The summed E-state index contributed by atoms with van der Waals surface area (Å²) in [6, 6.07) is 7.69. The number of nitrogens with one attached hydrogen (secondary N) is 1. The molecule has 0 saturated carbocycles. The van der Waals surface area contributed by atoms with Gasteiger partial charge >= 0.3 is 0 Å². The number of thiazole rings is 1. The van der Waals surface area contributed by atoms with Gasteiger partial charge in [0.05, 0.1) is 24.9 Å². The first kappa shape index (κ1) is 17.4. The van der Waals surface area contributed by atoms with Crippen molar-refractivity contribution in [1.29, 1.82) is 5.41 Å². The van der Waals surface area contributed by atoms with Gasteiger partial charge in [-0.2, -0.15) is 0 Å². The Morgan fingerprint density at radius 2 is 2.20 bits per heavy atom. The molecule has 1 aromatic carbocycles. The molecule has 1 aromatic heterocycles. The molecule has 132 valence electrons. The Morgan fingerprint density at radius 1 is 1.36 bits per heavy atom. The van der Waals surface area contributed by atoms with Gasteiger partial charge in [-0.1, -0.05) is 12.1 Å². The summed E-state index contributed by atoms with van der Waals surface area (Å²) in [6.45, 7) is 1.66. The van der Waals surface area contributed by atoms with Crippen LogP contribution in [0.15, 0.2) is 35.4 Å². The van der Waals surface area contributed by atoms with Crippen molar-refractivity contribution in [1.82, 2.24) is 9.88 Å². The third kappa shape index (κ3) is 3.67. The molecule has 3 rings (SSSR count). The topological polar surface area (TPSA) is 78.7 Å². The highest BCUT2D eigenvalue weighted by Gasteiger charge is 2.29. The van der Waals surface area contributed by atoms with Gasteiger partial charge in [-0.05, 0) is 18.6 Å². The monoisotopic (exact) mass is 359 g/mol. The second-order valence-corrected chi connectivity index (χ2v) is 6.57. The van der Waals surface area contributed by atoms with Crippen molar-refractivity contribution in [2.24, 2.45) is 0 Å². The van der Waals surface area contributed by atoms with Crippen LogP contribution in [0.1, 0.15) is 11.4 Å². The molecule has 0 bridgehead atoms. The van der Waals surface area contributed by atoms with E-state index in [1.165, 1.54) is 11.3 Å². The predicted octanol–water partition coefficient (Wildman–Crippen LogP) is 3.42. The molecule has 0 atom stereocenters. The quantitative estimate of drug-likeness (QED) is 0.741. The van der Waals surface area contributed by atoms with E-state index in [2.05, 4.69) is 4.98 Å². The van der Waals surface area contributed by atoms with Gasteiger partial charge in [-0.15, -0.1) is 11.3 Å². The smallest absolute Gasteiger partial charge is 0.135 e. The standard InChI is InChI=1S/C18H21N3O3S/c1-23-8-4-7-21-10-15(22)16(17(21)19)18-20-14(11-25-18)12-5-3-6-13(9-12)24-2/h3,5-6,9,11,19,22H,4,7-8,10H2,1-2H3. The summed E-state index contributed by atoms with van der Waals surface area (Å²) in [5, 5.41) is 21.3. The lowest BCUT2D eigenvalue weighted by atomic mass is 10.1. The number of hydrogen-bond acceptors (Lipinski definition) is 6. The molecule has 7 heteroatoms. The first-order valence-corrected chi connectivity index (χ1v) is 8.87. The van der Waals surface area contributed by atoms with Crippen molar-refractivity contribution < 1.29 is 14.6 Å². The zero-order chi connectivity index (χ0) is 17.8. The van der Waals surface area contributed by atoms with Gasteiger partial charge in [-0.3, -0.25) is 5.41 Å². The Kier molecular flexibility index (Phi) is 5.35. The third-order valence-electron chi connectivity index (χ3n) is 4.04. The van der Waals surface area contributed by atoms with E-state index in [1.807, 2.05) is 34.5 Å². The summed E-state index contributed by atoms with van der Waals surface area (Å²) < 4.78 is 10.3. The lowest BCUT2D eigenvalue weighted by Gasteiger charge is -2.17. The van der Waals surface area contributed by atoms with E-state index in [1.54, 1.807) is 14.2 Å². The summed E-state index contributed by atoms with van der Waals surface area (Å²) in [5.41, 5.74) is 2.28. The van der Waals surface area contributed by atoms with Crippen molar-refractivity contribution in [3.8, 4) is 17.0 Å². The average Bonchev–Trinajstić information content (AvgIpc) is 3.20. The van der Waals surface area contributed by atoms with E-state index in [9.17, 15) is 5.11 Å². The minimum Gasteiger partial charge on any atom is -0.510 e. The molecule has 0 radical (unpaired) electrons. The number of hydrogen-bond donors (Lipinski definition) is 2. The number of amidine groups is 1. The maximum Gasteiger partial charge on any atom is 0.135 e. The highest BCUT2D eigenvalue weighted by atomic mass is 32.1. The van der Waals surface area contributed by atoms with Gasteiger partial charge in [-0.25, -0.2) is 4.98 Å². The summed E-state index contributed by atoms with van der Waals surface area (Å²) in [6.07, 6.45) is 0.812. The molecular weight excluding hydrogens is 338 g/mol. The first-order valence-electron chi connectivity index (χ1n) is 7.99. The Bertz CT molecular complexity index is 800. The Hall–Kier alpha value is -2.38. The molecular formula is C18H21N3O3S. The number of nitrogens with zero attached hydrogens (tertiary/aromatic N) is 2. The molecule has 0 fully saturated rings. The summed E-state index contributed by atoms with van der Waals surface area (Å²) >= 11 is 1.43. The van der Waals surface area contributed by atoms with E-state index in [0.717, 1.165) is 23.4 Å². The van der Waals surface area contributed by atoms with Crippen LogP contribution in [0.25, 0.3) is 16.8 Å². The molecule has 2 N–H and O–H groups in total. The molecule has 0 unspecified atom stereocenters. The number of methoxy groups -OCH3 is 2.